The fourth-order valence-corrected chi connectivity index (χ4v) is 6.27. The van der Waals surface area contributed by atoms with E-state index in [4.69, 9.17) is 15.1 Å². The van der Waals surface area contributed by atoms with Crippen molar-refractivity contribution in [3.05, 3.63) is 114 Å². The zero-order valence-electron chi connectivity index (χ0n) is 24.2. The summed E-state index contributed by atoms with van der Waals surface area (Å²) in [5.41, 5.74) is 7.62. The Morgan fingerprint density at radius 3 is 2.34 bits per heavy atom. The maximum Gasteiger partial charge on any atom is 0.307 e. The molecule has 1 aliphatic carbocycles. The smallest absolute Gasteiger partial charge is 0.307 e. The molecule has 0 spiro atoms. The van der Waals surface area contributed by atoms with Crippen molar-refractivity contribution in [1.82, 2.24) is 14.5 Å². The molecule has 1 saturated carbocycles. The first-order chi connectivity index (χ1) is 21.5. The largest absolute Gasteiger partial charge is 0.481 e. The molecule has 7 nitrogen and oxygen atoms in total. The molecule has 0 unspecified atom stereocenters. The Kier molecular flexibility index (Phi) is 7.36. The standard InChI is InChI=1S/C37H32N4O3/c42-35(43)21-24-11-16-29(17-12-24)38-37(44)28-15-20-34-33(23-28)40-36(41(34)30-9-5-2-6-10-30)27-14-19-32-26(22-27)13-18-31(39-32)25-7-3-1-4-8-25/h1,3-4,7-8,11-20,22-23,30H,2,5-6,9-10,21H2,(H,38,44)(H,42,43). The molecule has 0 radical (unpaired) electrons. The van der Waals surface area contributed by atoms with Gasteiger partial charge in [0.1, 0.15) is 5.82 Å². The number of nitrogens with zero attached hydrogens (tertiary/aromatic N) is 3. The number of carbonyl (C=O) groups excluding carboxylic acids is 1. The van der Waals surface area contributed by atoms with E-state index < -0.39 is 5.97 Å². The molecule has 4 aromatic carbocycles. The molecule has 7 heteroatoms. The van der Waals surface area contributed by atoms with E-state index in [1.165, 1.54) is 19.3 Å². The number of nitrogens with one attached hydrogen (secondary N) is 1. The van der Waals surface area contributed by atoms with Crippen molar-refractivity contribution in [2.75, 3.05) is 5.32 Å². The van der Waals surface area contributed by atoms with Crippen LogP contribution in [-0.4, -0.2) is 31.5 Å². The number of hydrogen-bond acceptors (Lipinski definition) is 4. The summed E-state index contributed by atoms with van der Waals surface area (Å²) in [6.45, 7) is 0. The number of rotatable bonds is 7. The van der Waals surface area contributed by atoms with Crippen LogP contribution < -0.4 is 5.32 Å². The van der Waals surface area contributed by atoms with Crippen LogP contribution in [0.5, 0.6) is 0 Å². The fourth-order valence-electron chi connectivity index (χ4n) is 6.27. The van der Waals surface area contributed by atoms with Crippen LogP contribution in [0.3, 0.4) is 0 Å². The highest BCUT2D eigenvalue weighted by molar-refractivity contribution is 6.06. The summed E-state index contributed by atoms with van der Waals surface area (Å²) < 4.78 is 2.38. The first-order valence-electron chi connectivity index (χ1n) is 15.1. The summed E-state index contributed by atoms with van der Waals surface area (Å²) >= 11 is 0. The maximum atomic E-state index is 13.2. The zero-order chi connectivity index (χ0) is 30.0. The summed E-state index contributed by atoms with van der Waals surface area (Å²) in [5.74, 6) is -0.218. The van der Waals surface area contributed by atoms with Gasteiger partial charge in [0.05, 0.1) is 28.7 Å². The van der Waals surface area contributed by atoms with Gasteiger partial charge < -0.3 is 15.0 Å². The topological polar surface area (TPSA) is 97.1 Å². The molecule has 7 rings (SSSR count). The van der Waals surface area contributed by atoms with Gasteiger partial charge in [-0.25, -0.2) is 9.97 Å². The molecule has 0 saturated heterocycles. The second-order valence-electron chi connectivity index (χ2n) is 11.5. The van der Waals surface area contributed by atoms with Gasteiger partial charge in [-0.15, -0.1) is 0 Å². The lowest BCUT2D eigenvalue weighted by molar-refractivity contribution is -0.136. The van der Waals surface area contributed by atoms with E-state index >= 15 is 0 Å². The van der Waals surface area contributed by atoms with E-state index in [9.17, 15) is 9.59 Å². The van der Waals surface area contributed by atoms with Gasteiger partial charge in [-0.2, -0.15) is 0 Å². The third kappa shape index (κ3) is 5.56. The van der Waals surface area contributed by atoms with Crippen LogP contribution in [-0.2, 0) is 11.2 Å². The number of aliphatic carboxylic acids is 1. The maximum absolute atomic E-state index is 13.2. The Labute approximate surface area is 255 Å². The number of carboxylic acid groups (broad SMARTS) is 1. The fraction of sp³-hybridized carbons (Fsp3) is 0.189. The molecule has 0 bridgehead atoms. The average Bonchev–Trinajstić information content (AvgIpc) is 3.45. The van der Waals surface area contributed by atoms with Crippen molar-refractivity contribution in [3.63, 3.8) is 0 Å². The van der Waals surface area contributed by atoms with Crippen LogP contribution in [0.1, 0.15) is 54.1 Å². The van der Waals surface area contributed by atoms with Crippen LogP contribution in [0.15, 0.2) is 103 Å². The normalized spacial score (nSPS) is 13.7. The second-order valence-corrected chi connectivity index (χ2v) is 11.5. The molecule has 2 heterocycles. The van der Waals surface area contributed by atoms with E-state index in [0.29, 0.717) is 22.9 Å². The van der Waals surface area contributed by atoms with Crippen LogP contribution in [0, 0.1) is 0 Å². The molecular weight excluding hydrogens is 548 g/mol. The zero-order valence-corrected chi connectivity index (χ0v) is 24.2. The van der Waals surface area contributed by atoms with Crippen molar-refractivity contribution in [2.45, 2.75) is 44.6 Å². The molecule has 6 aromatic rings. The second kappa shape index (κ2) is 11.8. The number of carboxylic acids is 1. The van der Waals surface area contributed by atoms with E-state index in [-0.39, 0.29) is 12.3 Å². The van der Waals surface area contributed by atoms with Gasteiger partial charge >= 0.3 is 5.97 Å². The molecule has 1 amide bonds. The number of aromatic nitrogens is 3. The Morgan fingerprint density at radius 1 is 0.773 bits per heavy atom. The minimum absolute atomic E-state index is 0.0562. The quantitative estimate of drug-likeness (QED) is 0.198. The lowest BCUT2D eigenvalue weighted by Gasteiger charge is -2.25. The lowest BCUT2D eigenvalue weighted by atomic mass is 9.94. The minimum atomic E-state index is -0.889. The number of benzene rings is 4. The first-order valence-corrected chi connectivity index (χ1v) is 15.1. The van der Waals surface area contributed by atoms with Gasteiger partial charge in [0.25, 0.3) is 5.91 Å². The molecule has 1 aliphatic rings. The third-order valence-corrected chi connectivity index (χ3v) is 8.48. The third-order valence-electron chi connectivity index (χ3n) is 8.48. The minimum Gasteiger partial charge on any atom is -0.481 e. The number of carbonyl (C=O) groups is 2. The Balaban J connectivity index is 1.23. The van der Waals surface area contributed by atoms with E-state index in [2.05, 4.69) is 52.3 Å². The lowest BCUT2D eigenvalue weighted by Crippen LogP contribution is -2.14. The molecular formula is C37H32N4O3. The van der Waals surface area contributed by atoms with Crippen LogP contribution in [0.4, 0.5) is 5.69 Å². The van der Waals surface area contributed by atoms with Crippen molar-refractivity contribution in [2.24, 2.45) is 0 Å². The summed E-state index contributed by atoms with van der Waals surface area (Å²) in [4.78, 5) is 34.2. The highest BCUT2D eigenvalue weighted by Gasteiger charge is 2.23. The predicted octanol–water partition coefficient (Wildman–Crippen LogP) is 8.30. The number of imidazole rings is 1. The number of anilines is 1. The van der Waals surface area contributed by atoms with Gasteiger partial charge in [0.2, 0.25) is 0 Å². The van der Waals surface area contributed by atoms with Gasteiger partial charge in [0.15, 0.2) is 0 Å². The number of pyridine rings is 1. The molecule has 1 fully saturated rings. The number of hydrogen-bond donors (Lipinski definition) is 2. The SMILES string of the molecule is O=C(O)Cc1ccc(NC(=O)c2ccc3c(c2)nc(-c2ccc4nc(-c5ccccc5)ccc4c2)n3C2CCCCC2)cc1. The summed E-state index contributed by atoms with van der Waals surface area (Å²) in [7, 11) is 0. The van der Waals surface area contributed by atoms with Gasteiger partial charge in [-0.05, 0) is 73.0 Å². The van der Waals surface area contributed by atoms with E-state index in [1.807, 2.05) is 36.4 Å². The summed E-state index contributed by atoms with van der Waals surface area (Å²) in [6.07, 6.45) is 5.80. The number of amides is 1. The monoisotopic (exact) mass is 580 g/mol. The molecule has 44 heavy (non-hydrogen) atoms. The summed E-state index contributed by atoms with van der Waals surface area (Å²) in [5, 5.41) is 13.0. The van der Waals surface area contributed by atoms with Crippen LogP contribution >= 0.6 is 0 Å². The van der Waals surface area contributed by atoms with Crippen LogP contribution in [0.25, 0.3) is 44.6 Å². The van der Waals surface area contributed by atoms with Crippen LogP contribution in [0.2, 0.25) is 0 Å². The van der Waals surface area contributed by atoms with Crippen molar-refractivity contribution >= 4 is 39.5 Å². The number of fused-ring (bicyclic) bond motifs is 2. The molecule has 0 aliphatic heterocycles. The molecule has 2 aromatic heterocycles. The molecule has 2 N–H and O–H groups in total. The first kappa shape index (κ1) is 27.5. The van der Waals surface area contributed by atoms with Crippen molar-refractivity contribution < 1.29 is 14.7 Å². The molecule has 218 valence electrons. The average molecular weight is 581 g/mol. The van der Waals surface area contributed by atoms with Gasteiger partial charge in [0, 0.05) is 33.8 Å². The van der Waals surface area contributed by atoms with Crippen molar-refractivity contribution in [1.29, 1.82) is 0 Å². The Morgan fingerprint density at radius 2 is 1.57 bits per heavy atom. The summed E-state index contributed by atoms with van der Waals surface area (Å²) in [6, 6.07) is 33.7. The predicted molar refractivity (Wildman–Crippen MR) is 174 cm³/mol. The highest BCUT2D eigenvalue weighted by Crippen LogP contribution is 2.37. The Hall–Kier alpha value is -5.30. The van der Waals surface area contributed by atoms with E-state index in [0.717, 1.165) is 57.4 Å². The molecule has 0 atom stereocenters. The van der Waals surface area contributed by atoms with Gasteiger partial charge in [-0.3, -0.25) is 9.59 Å². The van der Waals surface area contributed by atoms with Gasteiger partial charge in [-0.1, -0.05) is 67.8 Å². The van der Waals surface area contributed by atoms with Crippen molar-refractivity contribution in [3.8, 4) is 22.6 Å². The highest BCUT2D eigenvalue weighted by atomic mass is 16.4. The Bertz CT molecular complexity index is 1990. The van der Waals surface area contributed by atoms with E-state index in [1.54, 1.807) is 24.3 Å².